The van der Waals surface area contributed by atoms with E-state index in [-0.39, 0.29) is 5.82 Å². The molecule has 0 saturated carbocycles. The van der Waals surface area contributed by atoms with Gasteiger partial charge in [0.2, 0.25) is 0 Å². The van der Waals surface area contributed by atoms with E-state index < -0.39 is 0 Å². The molecule has 3 heterocycles. The van der Waals surface area contributed by atoms with Gasteiger partial charge in [-0.05, 0) is 42.9 Å². The molecule has 0 radical (unpaired) electrons. The first-order valence-corrected chi connectivity index (χ1v) is 11.4. The summed E-state index contributed by atoms with van der Waals surface area (Å²) < 4.78 is 20.3. The van der Waals surface area contributed by atoms with Crippen molar-refractivity contribution in [3.05, 3.63) is 53.8 Å². The number of hydrogen-bond donors (Lipinski definition) is 1. The average Bonchev–Trinajstić information content (AvgIpc) is 3.45. The van der Waals surface area contributed by atoms with Crippen LogP contribution in [-0.4, -0.2) is 54.7 Å². The van der Waals surface area contributed by atoms with Gasteiger partial charge in [0.25, 0.3) is 0 Å². The smallest absolute Gasteiger partial charge is 0.147 e. The number of likely N-dealkylation sites (N-methyl/N-ethyl adjacent to an activating group) is 1. The van der Waals surface area contributed by atoms with Crippen molar-refractivity contribution in [3.8, 4) is 27.6 Å². The van der Waals surface area contributed by atoms with E-state index >= 15 is 0 Å². The van der Waals surface area contributed by atoms with Crippen LogP contribution in [-0.2, 0) is 0 Å². The fourth-order valence-electron chi connectivity index (χ4n) is 4.17. The zero-order valence-electron chi connectivity index (χ0n) is 17.7. The maximum Gasteiger partial charge on any atom is 0.147 e. The standard InChI is InChI=1S/C24H25FN4OS/c1-3-28-8-10-29(11-9-28)23-7-4-16(12-20(23)25)24-27-22(15-31-24)19-14-26-21-6-5-17(30-2)13-18(19)21/h4-7,12-15,26H,3,8-11H2,1-2H3. The normalized spacial score (nSPS) is 15.0. The number of rotatable bonds is 5. The molecule has 7 heteroatoms. The predicted octanol–water partition coefficient (Wildman–Crippen LogP) is 5.25. The van der Waals surface area contributed by atoms with Crippen molar-refractivity contribution in [2.75, 3.05) is 44.7 Å². The van der Waals surface area contributed by atoms with Crippen LogP contribution in [0.4, 0.5) is 10.1 Å². The lowest BCUT2D eigenvalue weighted by Crippen LogP contribution is -2.46. The van der Waals surface area contributed by atoms with Gasteiger partial charge in [-0.25, -0.2) is 9.37 Å². The number of ether oxygens (including phenoxy) is 1. The van der Waals surface area contributed by atoms with E-state index in [1.807, 2.05) is 41.9 Å². The second kappa shape index (κ2) is 8.32. The molecule has 0 unspecified atom stereocenters. The molecule has 1 aliphatic rings. The summed E-state index contributed by atoms with van der Waals surface area (Å²) >= 11 is 1.53. The van der Waals surface area contributed by atoms with Crippen molar-refractivity contribution < 1.29 is 9.13 Å². The van der Waals surface area contributed by atoms with Crippen molar-refractivity contribution >= 4 is 27.9 Å². The first kappa shape index (κ1) is 20.0. The number of aromatic nitrogens is 2. The van der Waals surface area contributed by atoms with Crippen LogP contribution in [0.5, 0.6) is 5.75 Å². The summed E-state index contributed by atoms with van der Waals surface area (Å²) in [6.45, 7) is 6.88. The number of hydrogen-bond acceptors (Lipinski definition) is 5. The molecule has 1 saturated heterocycles. The summed E-state index contributed by atoms with van der Waals surface area (Å²) in [7, 11) is 1.66. The van der Waals surface area contributed by atoms with Gasteiger partial charge >= 0.3 is 0 Å². The molecule has 2 aromatic heterocycles. The maximum absolute atomic E-state index is 15.0. The zero-order valence-corrected chi connectivity index (χ0v) is 18.5. The van der Waals surface area contributed by atoms with Crippen molar-refractivity contribution in [2.45, 2.75) is 6.92 Å². The molecule has 0 aliphatic carbocycles. The van der Waals surface area contributed by atoms with E-state index in [9.17, 15) is 4.39 Å². The highest BCUT2D eigenvalue weighted by Gasteiger charge is 2.19. The molecule has 4 aromatic rings. The van der Waals surface area contributed by atoms with Crippen LogP contribution >= 0.6 is 11.3 Å². The largest absolute Gasteiger partial charge is 0.497 e. The number of nitrogens with one attached hydrogen (secondary N) is 1. The number of halogens is 1. The van der Waals surface area contributed by atoms with Crippen molar-refractivity contribution in [2.24, 2.45) is 0 Å². The Morgan fingerprint density at radius 3 is 2.71 bits per heavy atom. The van der Waals surface area contributed by atoms with Crippen LogP contribution in [0.3, 0.4) is 0 Å². The summed E-state index contributed by atoms with van der Waals surface area (Å²) in [5.41, 5.74) is 4.41. The van der Waals surface area contributed by atoms with Gasteiger partial charge in [-0.2, -0.15) is 0 Å². The second-order valence-corrected chi connectivity index (χ2v) is 8.60. The minimum absolute atomic E-state index is 0.184. The Morgan fingerprint density at radius 1 is 1.13 bits per heavy atom. The van der Waals surface area contributed by atoms with E-state index in [0.29, 0.717) is 5.69 Å². The topological polar surface area (TPSA) is 44.4 Å². The Labute approximate surface area is 185 Å². The summed E-state index contributed by atoms with van der Waals surface area (Å²) in [6.07, 6.45) is 1.96. The summed E-state index contributed by atoms with van der Waals surface area (Å²) in [5, 5.41) is 3.89. The van der Waals surface area contributed by atoms with Gasteiger partial charge < -0.3 is 19.5 Å². The second-order valence-electron chi connectivity index (χ2n) is 7.74. The monoisotopic (exact) mass is 436 g/mol. The van der Waals surface area contributed by atoms with Gasteiger partial charge in [-0.15, -0.1) is 11.3 Å². The van der Waals surface area contributed by atoms with Crippen molar-refractivity contribution in [3.63, 3.8) is 0 Å². The Kier molecular flexibility index (Phi) is 5.38. The maximum atomic E-state index is 15.0. The molecule has 5 rings (SSSR count). The number of anilines is 1. The molecule has 31 heavy (non-hydrogen) atoms. The molecule has 0 bridgehead atoms. The van der Waals surface area contributed by atoms with Gasteiger partial charge in [-0.1, -0.05) is 6.92 Å². The molecule has 0 atom stereocenters. The quantitative estimate of drug-likeness (QED) is 0.464. The molecule has 5 nitrogen and oxygen atoms in total. The molecule has 0 amide bonds. The van der Waals surface area contributed by atoms with Crippen LogP contribution < -0.4 is 9.64 Å². The van der Waals surface area contributed by atoms with Gasteiger partial charge in [0.05, 0.1) is 18.5 Å². The number of H-pyrrole nitrogens is 1. The van der Waals surface area contributed by atoms with Crippen LogP contribution in [0, 0.1) is 5.82 Å². The number of benzene rings is 2. The summed E-state index contributed by atoms with van der Waals surface area (Å²) in [6, 6.07) is 11.4. The van der Waals surface area contributed by atoms with E-state index in [2.05, 4.69) is 21.7 Å². The van der Waals surface area contributed by atoms with Gasteiger partial charge in [-0.3, -0.25) is 0 Å². The molecule has 1 aliphatic heterocycles. The number of fused-ring (bicyclic) bond motifs is 1. The van der Waals surface area contributed by atoms with Crippen LogP contribution in [0.25, 0.3) is 32.7 Å². The number of thiazole rings is 1. The lowest BCUT2D eigenvalue weighted by atomic mass is 10.1. The number of piperazine rings is 1. The fourth-order valence-corrected chi connectivity index (χ4v) is 4.99. The number of aromatic amines is 1. The summed E-state index contributed by atoms with van der Waals surface area (Å²) in [5.74, 6) is 0.622. The Bertz CT molecular complexity index is 1210. The Hall–Kier alpha value is -2.90. The number of nitrogens with zero attached hydrogens (tertiary/aromatic N) is 3. The molecular formula is C24H25FN4OS. The molecule has 1 fully saturated rings. The summed E-state index contributed by atoms with van der Waals surface area (Å²) in [4.78, 5) is 12.6. The highest BCUT2D eigenvalue weighted by molar-refractivity contribution is 7.13. The molecule has 2 aromatic carbocycles. The van der Waals surface area contributed by atoms with Crippen molar-refractivity contribution in [1.82, 2.24) is 14.9 Å². The lowest BCUT2D eigenvalue weighted by Gasteiger charge is -2.35. The minimum atomic E-state index is -0.184. The van der Waals surface area contributed by atoms with Crippen molar-refractivity contribution in [1.29, 1.82) is 0 Å². The predicted molar refractivity (Wildman–Crippen MR) is 126 cm³/mol. The third kappa shape index (κ3) is 3.79. The Balaban J connectivity index is 1.41. The van der Waals surface area contributed by atoms with Gasteiger partial charge in [0.15, 0.2) is 0 Å². The average molecular weight is 437 g/mol. The van der Waals surface area contributed by atoms with E-state index in [1.165, 1.54) is 11.3 Å². The third-order valence-electron chi connectivity index (χ3n) is 6.02. The highest BCUT2D eigenvalue weighted by atomic mass is 32.1. The minimum Gasteiger partial charge on any atom is -0.497 e. The molecule has 0 spiro atoms. The van der Waals surface area contributed by atoms with Gasteiger partial charge in [0, 0.05) is 59.8 Å². The Morgan fingerprint density at radius 2 is 1.97 bits per heavy atom. The molecular weight excluding hydrogens is 411 g/mol. The highest BCUT2D eigenvalue weighted by Crippen LogP contribution is 2.35. The third-order valence-corrected chi connectivity index (χ3v) is 6.92. The van der Waals surface area contributed by atoms with E-state index in [0.717, 1.165) is 71.2 Å². The molecule has 1 N–H and O–H groups in total. The van der Waals surface area contributed by atoms with E-state index in [4.69, 9.17) is 9.72 Å². The van der Waals surface area contributed by atoms with Crippen LogP contribution in [0.2, 0.25) is 0 Å². The van der Waals surface area contributed by atoms with E-state index in [1.54, 1.807) is 13.2 Å². The zero-order chi connectivity index (χ0) is 21.4. The first-order valence-electron chi connectivity index (χ1n) is 10.5. The van der Waals surface area contributed by atoms with Gasteiger partial charge in [0.1, 0.15) is 16.6 Å². The first-order chi connectivity index (χ1) is 15.2. The fraction of sp³-hybridized carbons (Fsp3) is 0.292. The van der Waals surface area contributed by atoms with Crippen LogP contribution in [0.1, 0.15) is 6.92 Å². The molecule has 160 valence electrons. The lowest BCUT2D eigenvalue weighted by molar-refractivity contribution is 0.270. The number of methoxy groups -OCH3 is 1. The SMILES string of the molecule is CCN1CCN(c2ccc(-c3nc(-c4c[nH]c5ccc(OC)cc45)cs3)cc2F)CC1. The van der Waals surface area contributed by atoms with Crippen LogP contribution in [0.15, 0.2) is 48.0 Å².